The van der Waals surface area contributed by atoms with Gasteiger partial charge in [-0.25, -0.2) is 0 Å². The number of carboxylic acid groups (broad SMARTS) is 1. The van der Waals surface area contributed by atoms with Crippen LogP contribution in [0.15, 0.2) is 12.3 Å². The van der Waals surface area contributed by atoms with Crippen LogP contribution >= 0.6 is 0 Å². The summed E-state index contributed by atoms with van der Waals surface area (Å²) in [7, 11) is 3.10. The predicted octanol–water partition coefficient (Wildman–Crippen LogP) is 1.40. The molecular formula is C13H20N2O4. The summed E-state index contributed by atoms with van der Waals surface area (Å²) in [4.78, 5) is 16.9. The van der Waals surface area contributed by atoms with Gasteiger partial charge in [0.2, 0.25) is 0 Å². The number of carbonyl (C=O) groups is 1. The molecule has 1 N–H and O–H groups in total. The molecule has 19 heavy (non-hydrogen) atoms. The number of methoxy groups -OCH3 is 2. The van der Waals surface area contributed by atoms with Crippen LogP contribution in [0.4, 0.5) is 0 Å². The maximum atomic E-state index is 10.8. The molecule has 1 heterocycles. The van der Waals surface area contributed by atoms with Gasteiger partial charge >= 0.3 is 5.97 Å². The zero-order chi connectivity index (χ0) is 14.3. The summed E-state index contributed by atoms with van der Waals surface area (Å²) < 4.78 is 10.5. The molecule has 0 atom stereocenters. The molecular weight excluding hydrogens is 248 g/mol. The number of ether oxygens (including phenoxy) is 2. The van der Waals surface area contributed by atoms with E-state index in [1.807, 2.05) is 11.8 Å². The Hall–Kier alpha value is -1.82. The highest BCUT2D eigenvalue weighted by Gasteiger charge is 2.16. The third kappa shape index (κ3) is 4.40. The van der Waals surface area contributed by atoms with E-state index in [1.54, 1.807) is 26.5 Å². The van der Waals surface area contributed by atoms with E-state index in [1.165, 1.54) is 0 Å². The molecule has 0 amide bonds. The maximum absolute atomic E-state index is 10.8. The molecule has 1 aromatic heterocycles. The van der Waals surface area contributed by atoms with Crippen molar-refractivity contribution < 1.29 is 19.4 Å². The topological polar surface area (TPSA) is 71.9 Å². The van der Waals surface area contributed by atoms with E-state index >= 15 is 0 Å². The van der Waals surface area contributed by atoms with Crippen LogP contribution < -0.4 is 9.47 Å². The van der Waals surface area contributed by atoms with Gasteiger partial charge in [0.1, 0.15) is 5.69 Å². The van der Waals surface area contributed by atoms with Gasteiger partial charge in [-0.15, -0.1) is 0 Å². The average Bonchev–Trinajstić information content (AvgIpc) is 2.37. The van der Waals surface area contributed by atoms with Gasteiger partial charge in [0.25, 0.3) is 0 Å². The van der Waals surface area contributed by atoms with E-state index in [9.17, 15) is 4.79 Å². The number of pyridine rings is 1. The molecule has 0 fully saturated rings. The van der Waals surface area contributed by atoms with Gasteiger partial charge in [0, 0.05) is 18.8 Å². The lowest BCUT2D eigenvalue weighted by atomic mass is 10.2. The smallest absolute Gasteiger partial charge is 0.317 e. The summed E-state index contributed by atoms with van der Waals surface area (Å²) in [5.41, 5.74) is 0.677. The molecule has 0 saturated carbocycles. The standard InChI is InChI=1S/C13H20N2O4/c1-4-7-15(9-12(16)17)8-10-13(19-3)11(18-2)5-6-14-10/h5-6H,4,7-9H2,1-3H3,(H,16,17). The largest absolute Gasteiger partial charge is 0.493 e. The summed E-state index contributed by atoms with van der Waals surface area (Å²) in [6, 6.07) is 1.71. The highest BCUT2D eigenvalue weighted by Crippen LogP contribution is 2.29. The van der Waals surface area contributed by atoms with Gasteiger partial charge in [-0.05, 0) is 13.0 Å². The van der Waals surface area contributed by atoms with Crippen molar-refractivity contribution in [3.63, 3.8) is 0 Å². The molecule has 0 aliphatic heterocycles. The molecule has 0 saturated heterocycles. The number of rotatable bonds is 8. The fourth-order valence-electron chi connectivity index (χ4n) is 1.90. The van der Waals surface area contributed by atoms with Gasteiger partial charge in [-0.2, -0.15) is 0 Å². The molecule has 0 unspecified atom stereocenters. The second kappa shape index (κ2) is 7.58. The minimum atomic E-state index is -0.852. The Bertz CT molecular complexity index is 423. The minimum absolute atomic E-state index is 0.0180. The molecule has 0 aliphatic carbocycles. The van der Waals surface area contributed by atoms with Crippen molar-refractivity contribution in [2.45, 2.75) is 19.9 Å². The van der Waals surface area contributed by atoms with Crippen molar-refractivity contribution in [1.82, 2.24) is 9.88 Å². The van der Waals surface area contributed by atoms with Crippen LogP contribution in [0.1, 0.15) is 19.0 Å². The normalized spacial score (nSPS) is 10.5. The van der Waals surface area contributed by atoms with Gasteiger partial charge in [0.15, 0.2) is 11.5 Å². The molecule has 0 radical (unpaired) electrons. The van der Waals surface area contributed by atoms with Crippen molar-refractivity contribution in [3.05, 3.63) is 18.0 Å². The molecule has 1 rings (SSSR count). The van der Waals surface area contributed by atoms with Crippen LogP contribution in [0.25, 0.3) is 0 Å². The van der Waals surface area contributed by atoms with Crippen LogP contribution in [-0.2, 0) is 11.3 Å². The Balaban J connectivity index is 2.91. The first kappa shape index (κ1) is 15.2. The highest BCUT2D eigenvalue weighted by molar-refractivity contribution is 5.69. The molecule has 106 valence electrons. The van der Waals surface area contributed by atoms with Gasteiger partial charge in [-0.1, -0.05) is 6.92 Å². The third-order valence-corrected chi connectivity index (χ3v) is 2.64. The van der Waals surface area contributed by atoms with Crippen molar-refractivity contribution in [3.8, 4) is 11.5 Å². The number of carboxylic acids is 1. The SMILES string of the molecule is CCCN(CC(=O)O)Cc1nccc(OC)c1OC. The predicted molar refractivity (Wildman–Crippen MR) is 70.5 cm³/mol. The molecule has 0 aromatic carbocycles. The summed E-state index contributed by atoms with van der Waals surface area (Å²) >= 11 is 0. The molecule has 1 aromatic rings. The number of nitrogens with zero attached hydrogens (tertiary/aromatic N) is 2. The average molecular weight is 268 g/mol. The highest BCUT2D eigenvalue weighted by atomic mass is 16.5. The van der Waals surface area contributed by atoms with Crippen LogP contribution in [0.3, 0.4) is 0 Å². The maximum Gasteiger partial charge on any atom is 0.317 e. The molecule has 6 heteroatoms. The summed E-state index contributed by atoms with van der Waals surface area (Å²) in [6.07, 6.45) is 2.50. The zero-order valence-corrected chi connectivity index (χ0v) is 11.5. The van der Waals surface area contributed by atoms with Gasteiger partial charge in [0.05, 0.1) is 20.8 Å². The van der Waals surface area contributed by atoms with Crippen molar-refractivity contribution in [2.24, 2.45) is 0 Å². The third-order valence-electron chi connectivity index (χ3n) is 2.64. The molecule has 0 bridgehead atoms. The van der Waals surface area contributed by atoms with Crippen LogP contribution in [0.2, 0.25) is 0 Å². The van der Waals surface area contributed by atoms with E-state index in [2.05, 4.69) is 4.98 Å². The first-order valence-electron chi connectivity index (χ1n) is 6.12. The van der Waals surface area contributed by atoms with Gasteiger partial charge in [-0.3, -0.25) is 14.7 Å². The number of aliphatic carboxylic acids is 1. The van der Waals surface area contributed by atoms with E-state index in [0.717, 1.165) is 6.42 Å². The fourth-order valence-corrected chi connectivity index (χ4v) is 1.90. The van der Waals surface area contributed by atoms with E-state index < -0.39 is 5.97 Å². The number of aromatic nitrogens is 1. The fraction of sp³-hybridized carbons (Fsp3) is 0.538. The summed E-state index contributed by atoms with van der Waals surface area (Å²) in [6.45, 7) is 3.09. The Morgan fingerprint density at radius 2 is 2.16 bits per heavy atom. The first-order chi connectivity index (χ1) is 9.12. The van der Waals surface area contributed by atoms with Crippen LogP contribution in [-0.4, -0.2) is 48.3 Å². The Morgan fingerprint density at radius 1 is 1.42 bits per heavy atom. The van der Waals surface area contributed by atoms with Crippen molar-refractivity contribution in [1.29, 1.82) is 0 Å². The number of hydrogen-bond acceptors (Lipinski definition) is 5. The van der Waals surface area contributed by atoms with Gasteiger partial charge < -0.3 is 14.6 Å². The van der Waals surface area contributed by atoms with Crippen LogP contribution in [0.5, 0.6) is 11.5 Å². The van der Waals surface area contributed by atoms with Crippen molar-refractivity contribution >= 4 is 5.97 Å². The van der Waals surface area contributed by atoms with Crippen LogP contribution in [0, 0.1) is 0 Å². The monoisotopic (exact) mass is 268 g/mol. The molecule has 0 spiro atoms. The quantitative estimate of drug-likeness (QED) is 0.768. The minimum Gasteiger partial charge on any atom is -0.493 e. The van der Waals surface area contributed by atoms with E-state index in [0.29, 0.717) is 30.3 Å². The molecule has 6 nitrogen and oxygen atoms in total. The lowest BCUT2D eigenvalue weighted by molar-refractivity contribution is -0.138. The Morgan fingerprint density at radius 3 is 2.68 bits per heavy atom. The summed E-state index contributed by atoms with van der Waals surface area (Å²) in [5.74, 6) is 0.297. The second-order valence-electron chi connectivity index (χ2n) is 4.10. The molecule has 0 aliphatic rings. The lowest BCUT2D eigenvalue weighted by Crippen LogP contribution is -2.30. The Labute approximate surface area is 113 Å². The number of hydrogen-bond donors (Lipinski definition) is 1. The van der Waals surface area contributed by atoms with Crippen molar-refractivity contribution in [2.75, 3.05) is 27.3 Å². The van der Waals surface area contributed by atoms with E-state index in [4.69, 9.17) is 14.6 Å². The Kier molecular flexibility index (Phi) is 6.08. The zero-order valence-electron chi connectivity index (χ0n) is 11.5. The van der Waals surface area contributed by atoms with E-state index in [-0.39, 0.29) is 6.54 Å². The second-order valence-corrected chi connectivity index (χ2v) is 4.10. The summed E-state index contributed by atoms with van der Waals surface area (Å²) in [5, 5.41) is 8.90. The first-order valence-corrected chi connectivity index (χ1v) is 6.12. The lowest BCUT2D eigenvalue weighted by Gasteiger charge is -2.20.